The van der Waals surface area contributed by atoms with Gasteiger partial charge >= 0.3 is 5.97 Å². The van der Waals surface area contributed by atoms with Gasteiger partial charge in [0.1, 0.15) is 5.82 Å². The van der Waals surface area contributed by atoms with Crippen molar-refractivity contribution < 1.29 is 19.4 Å². The molecule has 98 valence electrons. The van der Waals surface area contributed by atoms with Gasteiger partial charge in [-0.05, 0) is 37.5 Å². The average molecular weight is 253 g/mol. The smallest absolute Gasteiger partial charge is 0.337 e. The van der Waals surface area contributed by atoms with Crippen molar-refractivity contribution in [3.8, 4) is 0 Å². The van der Waals surface area contributed by atoms with Crippen LogP contribution in [0.25, 0.3) is 0 Å². The first-order valence-corrected chi connectivity index (χ1v) is 6.05. The maximum absolute atomic E-state index is 13.2. The highest BCUT2D eigenvalue weighted by Crippen LogP contribution is 2.29. The lowest BCUT2D eigenvalue weighted by atomic mass is 10.0. The molecule has 1 atom stereocenters. The SMILES string of the molecule is O=C(O)C(O)c1cc(F)ccc1N1CCCCC1. The van der Waals surface area contributed by atoms with Gasteiger partial charge < -0.3 is 15.1 Å². The first-order chi connectivity index (χ1) is 8.59. The molecule has 1 saturated heterocycles. The molecule has 0 radical (unpaired) electrons. The van der Waals surface area contributed by atoms with Gasteiger partial charge in [0.15, 0.2) is 6.10 Å². The first kappa shape index (κ1) is 12.8. The lowest BCUT2D eigenvalue weighted by Gasteiger charge is -2.31. The van der Waals surface area contributed by atoms with E-state index in [4.69, 9.17) is 5.11 Å². The van der Waals surface area contributed by atoms with Crippen molar-refractivity contribution in [2.45, 2.75) is 25.4 Å². The number of carboxylic acid groups (broad SMARTS) is 1. The molecule has 1 aromatic carbocycles. The molecule has 1 aliphatic rings. The second kappa shape index (κ2) is 5.35. The number of carboxylic acids is 1. The van der Waals surface area contributed by atoms with Crippen molar-refractivity contribution >= 4 is 11.7 Å². The summed E-state index contributed by atoms with van der Waals surface area (Å²) >= 11 is 0. The second-order valence-corrected chi connectivity index (χ2v) is 4.49. The molecule has 1 heterocycles. The number of aliphatic hydroxyl groups is 1. The van der Waals surface area contributed by atoms with E-state index >= 15 is 0 Å². The number of benzene rings is 1. The van der Waals surface area contributed by atoms with Crippen molar-refractivity contribution in [3.63, 3.8) is 0 Å². The number of aliphatic hydroxyl groups excluding tert-OH is 1. The van der Waals surface area contributed by atoms with E-state index in [2.05, 4.69) is 0 Å². The van der Waals surface area contributed by atoms with E-state index in [1.807, 2.05) is 4.90 Å². The van der Waals surface area contributed by atoms with Crippen LogP contribution < -0.4 is 4.90 Å². The molecule has 1 fully saturated rings. The Kier molecular flexibility index (Phi) is 3.81. The van der Waals surface area contributed by atoms with Gasteiger partial charge in [-0.15, -0.1) is 0 Å². The number of hydrogen-bond acceptors (Lipinski definition) is 3. The zero-order chi connectivity index (χ0) is 13.1. The Hall–Kier alpha value is -1.62. The van der Waals surface area contributed by atoms with Crippen LogP contribution in [0.1, 0.15) is 30.9 Å². The molecule has 1 aromatic rings. The number of aliphatic carboxylic acids is 1. The standard InChI is InChI=1S/C13H16FNO3/c14-9-4-5-11(15-6-2-1-3-7-15)10(8-9)12(16)13(17)18/h4-5,8,12,16H,1-3,6-7H2,(H,17,18). The summed E-state index contributed by atoms with van der Waals surface area (Å²) in [5.74, 6) is -1.90. The van der Waals surface area contributed by atoms with Crippen LogP contribution in [0.4, 0.5) is 10.1 Å². The normalized spacial score (nSPS) is 17.6. The van der Waals surface area contributed by atoms with Gasteiger partial charge in [-0.2, -0.15) is 0 Å². The van der Waals surface area contributed by atoms with Crippen molar-refractivity contribution in [1.29, 1.82) is 0 Å². The Labute approximate surface area is 105 Å². The summed E-state index contributed by atoms with van der Waals surface area (Å²) in [5.41, 5.74) is 0.746. The van der Waals surface area contributed by atoms with Crippen LogP contribution in [0.2, 0.25) is 0 Å². The molecular formula is C13H16FNO3. The van der Waals surface area contributed by atoms with E-state index in [9.17, 15) is 14.3 Å². The summed E-state index contributed by atoms with van der Waals surface area (Å²) in [7, 11) is 0. The molecule has 0 amide bonds. The molecule has 1 aliphatic heterocycles. The molecule has 4 nitrogen and oxygen atoms in total. The third kappa shape index (κ3) is 2.61. The maximum Gasteiger partial charge on any atom is 0.337 e. The Morgan fingerprint density at radius 2 is 1.94 bits per heavy atom. The minimum Gasteiger partial charge on any atom is -0.479 e. The Morgan fingerprint density at radius 1 is 1.28 bits per heavy atom. The van der Waals surface area contributed by atoms with Crippen molar-refractivity contribution in [1.82, 2.24) is 0 Å². The molecule has 2 rings (SSSR count). The quantitative estimate of drug-likeness (QED) is 0.864. The zero-order valence-corrected chi connectivity index (χ0v) is 9.97. The summed E-state index contributed by atoms with van der Waals surface area (Å²) < 4.78 is 13.2. The monoisotopic (exact) mass is 253 g/mol. The molecule has 0 spiro atoms. The lowest BCUT2D eigenvalue weighted by molar-refractivity contribution is -0.146. The topological polar surface area (TPSA) is 60.8 Å². The van der Waals surface area contributed by atoms with E-state index in [0.29, 0.717) is 5.69 Å². The number of rotatable bonds is 3. The van der Waals surface area contributed by atoms with Crippen LogP contribution in [0.3, 0.4) is 0 Å². The second-order valence-electron chi connectivity index (χ2n) is 4.49. The highest BCUT2D eigenvalue weighted by atomic mass is 19.1. The van der Waals surface area contributed by atoms with Gasteiger partial charge in [0, 0.05) is 24.3 Å². The minimum atomic E-state index is -1.68. The highest BCUT2D eigenvalue weighted by molar-refractivity contribution is 5.77. The average Bonchev–Trinajstić information content (AvgIpc) is 2.38. The largest absolute Gasteiger partial charge is 0.479 e. The summed E-state index contributed by atoms with van der Waals surface area (Å²) in [6, 6.07) is 3.94. The zero-order valence-electron chi connectivity index (χ0n) is 9.97. The van der Waals surface area contributed by atoms with Crippen LogP contribution in [-0.4, -0.2) is 29.3 Å². The van der Waals surface area contributed by atoms with Crippen molar-refractivity contribution in [2.75, 3.05) is 18.0 Å². The molecule has 5 heteroatoms. The Bertz CT molecular complexity index is 444. The molecule has 2 N–H and O–H groups in total. The number of halogens is 1. The fraction of sp³-hybridized carbons (Fsp3) is 0.462. The molecule has 0 saturated carbocycles. The van der Waals surface area contributed by atoms with Crippen molar-refractivity contribution in [2.24, 2.45) is 0 Å². The van der Waals surface area contributed by atoms with Crippen LogP contribution in [0.5, 0.6) is 0 Å². The van der Waals surface area contributed by atoms with Gasteiger partial charge in [-0.1, -0.05) is 0 Å². The Morgan fingerprint density at radius 3 is 2.56 bits per heavy atom. The third-order valence-electron chi connectivity index (χ3n) is 3.21. The van der Waals surface area contributed by atoms with E-state index in [1.165, 1.54) is 6.07 Å². The van der Waals surface area contributed by atoms with Crippen molar-refractivity contribution in [3.05, 3.63) is 29.6 Å². The molecule has 0 bridgehead atoms. The fourth-order valence-corrected chi connectivity index (χ4v) is 2.30. The lowest BCUT2D eigenvalue weighted by Crippen LogP contribution is -2.31. The highest BCUT2D eigenvalue weighted by Gasteiger charge is 2.23. The number of piperidine rings is 1. The summed E-state index contributed by atoms with van der Waals surface area (Å²) in [6.45, 7) is 1.62. The number of hydrogen-bond donors (Lipinski definition) is 2. The molecule has 18 heavy (non-hydrogen) atoms. The molecule has 1 unspecified atom stereocenters. The van der Waals surface area contributed by atoms with E-state index in [-0.39, 0.29) is 5.56 Å². The third-order valence-corrected chi connectivity index (χ3v) is 3.21. The summed E-state index contributed by atoms with van der Waals surface area (Å²) in [6.07, 6.45) is 1.52. The predicted molar refractivity (Wildman–Crippen MR) is 65.1 cm³/mol. The van der Waals surface area contributed by atoms with Crippen LogP contribution >= 0.6 is 0 Å². The first-order valence-electron chi connectivity index (χ1n) is 6.05. The van der Waals surface area contributed by atoms with Gasteiger partial charge in [0.25, 0.3) is 0 Å². The summed E-state index contributed by atoms with van der Waals surface area (Å²) in [4.78, 5) is 12.9. The van der Waals surface area contributed by atoms with Gasteiger partial charge in [0.05, 0.1) is 0 Å². The predicted octanol–water partition coefficient (Wildman–Crippen LogP) is 1.93. The van der Waals surface area contributed by atoms with Gasteiger partial charge in [0.2, 0.25) is 0 Å². The van der Waals surface area contributed by atoms with E-state index in [0.717, 1.165) is 38.4 Å². The van der Waals surface area contributed by atoms with Crippen LogP contribution in [-0.2, 0) is 4.79 Å². The molecule has 0 aliphatic carbocycles. The van der Waals surface area contributed by atoms with Crippen LogP contribution in [0, 0.1) is 5.82 Å². The number of nitrogens with zero attached hydrogens (tertiary/aromatic N) is 1. The van der Waals surface area contributed by atoms with E-state index < -0.39 is 17.9 Å². The van der Waals surface area contributed by atoms with Gasteiger partial charge in [-0.25, -0.2) is 9.18 Å². The molecule has 0 aromatic heterocycles. The summed E-state index contributed by atoms with van der Waals surface area (Å²) in [5, 5.41) is 18.5. The van der Waals surface area contributed by atoms with E-state index in [1.54, 1.807) is 6.07 Å². The molecular weight excluding hydrogens is 237 g/mol. The maximum atomic E-state index is 13.2. The fourth-order valence-electron chi connectivity index (χ4n) is 2.30. The number of anilines is 1. The van der Waals surface area contributed by atoms with Gasteiger partial charge in [-0.3, -0.25) is 0 Å². The minimum absolute atomic E-state index is 0.129. The van der Waals surface area contributed by atoms with Crippen LogP contribution in [0.15, 0.2) is 18.2 Å². The number of carbonyl (C=O) groups is 1. The Balaban J connectivity index is 2.36.